The molecule has 28 heavy (non-hydrogen) atoms. The number of benzene rings is 1. The van der Waals surface area contributed by atoms with Crippen LogP contribution in [0.15, 0.2) is 64.5 Å². The van der Waals surface area contributed by atoms with Crippen LogP contribution in [0.5, 0.6) is 0 Å². The van der Waals surface area contributed by atoms with Crippen molar-refractivity contribution in [3.63, 3.8) is 0 Å². The molecule has 138 valence electrons. The third-order valence-corrected chi connectivity index (χ3v) is 4.56. The van der Waals surface area contributed by atoms with Crippen LogP contribution < -0.4 is 29.6 Å². The number of rotatable bonds is 3. The van der Waals surface area contributed by atoms with E-state index in [1.165, 1.54) is 24.3 Å². The van der Waals surface area contributed by atoms with Crippen LogP contribution in [0, 0.1) is 5.21 Å². The van der Waals surface area contributed by atoms with E-state index >= 15 is 0 Å². The van der Waals surface area contributed by atoms with Gasteiger partial charge >= 0.3 is 40.1 Å². The minimum absolute atomic E-state index is 0. The van der Waals surface area contributed by atoms with Crippen molar-refractivity contribution < 1.29 is 57.7 Å². The summed E-state index contributed by atoms with van der Waals surface area (Å²) in [7, 11) is -4.41. The van der Waals surface area contributed by atoms with Gasteiger partial charge in [0.25, 0.3) is 0 Å². The van der Waals surface area contributed by atoms with Crippen LogP contribution >= 0.6 is 0 Å². The first kappa shape index (κ1) is 22.2. The number of hydrogen-bond donors (Lipinski definition) is 3. The zero-order valence-corrected chi connectivity index (χ0v) is 17.2. The van der Waals surface area contributed by atoms with Crippen LogP contribution in [0.4, 0.5) is 0 Å². The summed E-state index contributed by atoms with van der Waals surface area (Å²) in [5, 5.41) is 26.5. The molecule has 0 aromatic heterocycles. The third kappa shape index (κ3) is 4.48. The molecule has 3 N–H and O–H groups in total. The Labute approximate surface area is 181 Å². The van der Waals surface area contributed by atoms with E-state index in [4.69, 9.17) is 5.21 Å². The van der Waals surface area contributed by atoms with Gasteiger partial charge in [-0.3, -0.25) is 14.8 Å². The van der Waals surface area contributed by atoms with E-state index in [0.29, 0.717) is 0 Å². The molecule has 0 atom stereocenters. The number of hydrogen-bond acceptors (Lipinski definition) is 8. The molecule has 0 aliphatic heterocycles. The molecule has 0 unspecified atom stereocenters. The van der Waals surface area contributed by atoms with Crippen molar-refractivity contribution in [2.45, 2.75) is 0 Å². The number of Topliss-reactive ketones (excluding diaryl/α,β-unsaturated/α-hetero) is 1. The summed E-state index contributed by atoms with van der Waals surface area (Å²) >= 11 is 0. The van der Waals surface area contributed by atoms with Gasteiger partial charge in [0.15, 0.2) is 0 Å². The number of carbonyl (C=O) groups excluding carboxylic acids is 2. The molecule has 0 saturated heterocycles. The second-order valence-electron chi connectivity index (χ2n) is 5.39. The second kappa shape index (κ2) is 8.51. The van der Waals surface area contributed by atoms with Crippen molar-refractivity contribution >= 4 is 38.4 Å². The number of carbonyl (C=O) groups is 2. The van der Waals surface area contributed by atoms with Crippen molar-refractivity contribution in [2.24, 2.45) is 10.2 Å². The number of ketones is 2. The Bertz CT molecular complexity index is 1050. The summed E-state index contributed by atoms with van der Waals surface area (Å²) in [6, 6.07) is 5.82. The normalized spacial score (nSPS) is 19.1. The SMILES string of the molecule is O=C1C=CC(N([O-])O)=CC1=NN=C1C=C([S+](=O)(O)O)c2ccccc2C1=O.[Na+]. The van der Waals surface area contributed by atoms with Crippen LogP contribution in [-0.2, 0) is 19.5 Å². The average Bonchev–Trinajstić information content (AvgIpc) is 2.61. The molecule has 1 aromatic carbocycles. The average molecular weight is 412 g/mol. The number of fused-ring (bicyclic) bond motifs is 1. The maximum atomic E-state index is 12.5. The van der Waals surface area contributed by atoms with Crippen LogP contribution in [-0.4, -0.2) is 42.5 Å². The molecular formula is C16H11N3NaO7S+. The zero-order valence-electron chi connectivity index (χ0n) is 14.3. The van der Waals surface area contributed by atoms with Gasteiger partial charge in [0, 0.05) is 17.2 Å². The van der Waals surface area contributed by atoms with Crippen molar-refractivity contribution in [1.82, 2.24) is 5.23 Å². The van der Waals surface area contributed by atoms with Gasteiger partial charge in [0.1, 0.15) is 11.4 Å². The number of allylic oxidation sites excluding steroid dienone is 4. The molecule has 0 fully saturated rings. The van der Waals surface area contributed by atoms with Gasteiger partial charge in [-0.15, -0.1) is 10.2 Å². The molecule has 0 amide bonds. The smallest absolute Gasteiger partial charge is 0.733 e. The first-order valence-electron chi connectivity index (χ1n) is 7.29. The molecular weight excluding hydrogens is 401 g/mol. The summed E-state index contributed by atoms with van der Waals surface area (Å²) in [4.78, 5) is 23.9. The Kier molecular flexibility index (Phi) is 6.75. The first-order chi connectivity index (χ1) is 12.7. The Hall–Kier alpha value is -2.09. The molecule has 0 radical (unpaired) electrons. The van der Waals surface area contributed by atoms with E-state index in [9.17, 15) is 28.1 Å². The second-order valence-corrected chi connectivity index (χ2v) is 6.82. The van der Waals surface area contributed by atoms with Gasteiger partial charge in [-0.05, 0) is 28.5 Å². The summed E-state index contributed by atoms with van der Waals surface area (Å²) in [6.45, 7) is 0. The predicted octanol–water partition coefficient (Wildman–Crippen LogP) is -1.32. The van der Waals surface area contributed by atoms with Crippen LogP contribution in [0.2, 0.25) is 0 Å². The largest absolute Gasteiger partial charge is 1.00 e. The van der Waals surface area contributed by atoms with Gasteiger partial charge in [-0.2, -0.15) is 9.11 Å². The summed E-state index contributed by atoms with van der Waals surface area (Å²) < 4.78 is 30.8. The van der Waals surface area contributed by atoms with E-state index in [-0.39, 0.29) is 52.1 Å². The van der Waals surface area contributed by atoms with E-state index in [2.05, 4.69) is 10.2 Å². The van der Waals surface area contributed by atoms with Crippen LogP contribution in [0.25, 0.3) is 4.91 Å². The Balaban J connectivity index is 0.00000280. The maximum Gasteiger partial charge on any atom is 1.00 e. The van der Waals surface area contributed by atoms with E-state index in [1.54, 1.807) is 0 Å². The maximum absolute atomic E-state index is 12.5. The molecule has 0 heterocycles. The quantitative estimate of drug-likeness (QED) is 0.238. The summed E-state index contributed by atoms with van der Waals surface area (Å²) in [5.41, 5.74) is -0.918. The standard InChI is InChI=1S/C16H11N3O7S.Na/c20-14-6-5-9(19(22)23)7-12(14)17-18-13-8-15(27(24,25)26)10-3-1-2-4-11(10)16(13)21;/h1-8,22H,(H2,24,25,26);/q;+1. The number of hydroxylamine groups is 2. The molecule has 2 aliphatic carbocycles. The molecule has 12 heteroatoms. The minimum atomic E-state index is -4.41. The fourth-order valence-corrected chi connectivity index (χ4v) is 3.14. The molecule has 1 aromatic rings. The number of nitrogens with zero attached hydrogens (tertiary/aromatic N) is 3. The Morgan fingerprint density at radius 3 is 2.18 bits per heavy atom. The van der Waals surface area contributed by atoms with Gasteiger partial charge < -0.3 is 10.4 Å². The summed E-state index contributed by atoms with van der Waals surface area (Å²) in [6.07, 6.45) is 3.89. The molecule has 0 bridgehead atoms. The fraction of sp³-hybridized carbons (Fsp3) is 0. The van der Waals surface area contributed by atoms with Crippen molar-refractivity contribution in [2.75, 3.05) is 0 Å². The van der Waals surface area contributed by atoms with Gasteiger partial charge in [0.05, 0.1) is 5.70 Å². The third-order valence-electron chi connectivity index (χ3n) is 3.65. The molecule has 10 nitrogen and oxygen atoms in total. The van der Waals surface area contributed by atoms with E-state index in [1.807, 2.05) is 0 Å². The monoisotopic (exact) mass is 412 g/mol. The molecule has 2 aliphatic rings. The van der Waals surface area contributed by atoms with E-state index < -0.39 is 37.9 Å². The molecule has 3 rings (SSSR count). The van der Waals surface area contributed by atoms with Crippen LogP contribution in [0.3, 0.4) is 0 Å². The van der Waals surface area contributed by atoms with Gasteiger partial charge in [-0.25, -0.2) is 0 Å². The van der Waals surface area contributed by atoms with Crippen LogP contribution in [0.1, 0.15) is 15.9 Å². The topological polar surface area (TPSA) is 163 Å². The zero-order chi connectivity index (χ0) is 19.8. The fourth-order valence-electron chi connectivity index (χ4n) is 2.41. The van der Waals surface area contributed by atoms with Crippen molar-refractivity contribution in [3.8, 4) is 0 Å². The predicted molar refractivity (Wildman–Crippen MR) is 96.2 cm³/mol. The minimum Gasteiger partial charge on any atom is -0.733 e. The Morgan fingerprint density at radius 1 is 0.964 bits per heavy atom. The van der Waals surface area contributed by atoms with E-state index in [0.717, 1.165) is 24.3 Å². The Morgan fingerprint density at radius 2 is 1.57 bits per heavy atom. The summed E-state index contributed by atoms with van der Waals surface area (Å²) in [5.74, 6) is -1.27. The molecule has 0 spiro atoms. The van der Waals surface area contributed by atoms with Gasteiger partial charge in [0.2, 0.25) is 16.5 Å². The molecule has 0 saturated carbocycles. The van der Waals surface area contributed by atoms with Crippen molar-refractivity contribution in [1.29, 1.82) is 0 Å². The van der Waals surface area contributed by atoms with Crippen molar-refractivity contribution in [3.05, 3.63) is 70.6 Å². The first-order valence-corrected chi connectivity index (χ1v) is 8.76. The van der Waals surface area contributed by atoms with Gasteiger partial charge in [-0.1, -0.05) is 18.2 Å².